The summed E-state index contributed by atoms with van der Waals surface area (Å²) in [6.45, 7) is 2.99. The van der Waals surface area contributed by atoms with Crippen molar-refractivity contribution in [2.45, 2.75) is 25.9 Å². The molecule has 0 spiro atoms. The second kappa shape index (κ2) is 9.08. The van der Waals surface area contributed by atoms with Crippen LogP contribution in [0.15, 0.2) is 77.7 Å². The fourth-order valence-electron chi connectivity index (χ4n) is 4.53. The number of aryl methyl sites for hydroxylation is 1. The number of amides is 1. The molecule has 1 atom stereocenters. The number of hydrogen-bond donors (Lipinski definition) is 1. The van der Waals surface area contributed by atoms with E-state index >= 15 is 0 Å². The Morgan fingerprint density at radius 1 is 1.03 bits per heavy atom. The number of thioether (sulfide) groups is 1. The molecule has 7 heteroatoms. The summed E-state index contributed by atoms with van der Waals surface area (Å²) in [7, 11) is 0. The van der Waals surface area contributed by atoms with Crippen LogP contribution in [0, 0.1) is 0 Å². The summed E-state index contributed by atoms with van der Waals surface area (Å²) < 4.78 is 2.54. The number of fused-ring (bicyclic) bond motifs is 3. The number of hydrogen-bond acceptors (Lipinski definition) is 4. The van der Waals surface area contributed by atoms with E-state index < -0.39 is 12.0 Å². The smallest absolute Gasteiger partial charge is 0.327 e. The third-order valence-electron chi connectivity index (χ3n) is 6.10. The summed E-state index contributed by atoms with van der Waals surface area (Å²) in [4.78, 5) is 27.0. The Bertz CT molecular complexity index is 1470. The molecule has 4 aromatic rings. The Balaban J connectivity index is 1.50. The molecule has 1 aliphatic rings. The van der Waals surface area contributed by atoms with Gasteiger partial charge in [0.2, 0.25) is 0 Å². The molecule has 5 rings (SSSR count). The lowest BCUT2D eigenvalue weighted by molar-refractivity contribution is -0.145. The van der Waals surface area contributed by atoms with Crippen molar-refractivity contribution >= 4 is 68.1 Å². The van der Waals surface area contributed by atoms with E-state index in [4.69, 9.17) is 12.2 Å². The molecule has 0 unspecified atom stereocenters. The van der Waals surface area contributed by atoms with Crippen LogP contribution in [0.25, 0.3) is 27.9 Å². The summed E-state index contributed by atoms with van der Waals surface area (Å²) in [6.07, 6.45) is 2.00. The van der Waals surface area contributed by atoms with Crippen LogP contribution in [0.3, 0.4) is 0 Å². The lowest BCUT2D eigenvalue weighted by Crippen LogP contribution is -2.45. The van der Waals surface area contributed by atoms with Gasteiger partial charge in [0, 0.05) is 34.8 Å². The minimum absolute atomic E-state index is 0.193. The van der Waals surface area contributed by atoms with Crippen LogP contribution in [0.2, 0.25) is 0 Å². The van der Waals surface area contributed by atoms with Crippen LogP contribution >= 0.6 is 24.0 Å². The number of carbonyl (C=O) groups excluding carboxylic acids is 1. The largest absolute Gasteiger partial charge is 0.480 e. The van der Waals surface area contributed by atoms with E-state index in [9.17, 15) is 14.7 Å². The molecule has 1 aromatic heterocycles. The zero-order chi connectivity index (χ0) is 23.8. The van der Waals surface area contributed by atoms with E-state index in [-0.39, 0.29) is 16.6 Å². The van der Waals surface area contributed by atoms with Crippen molar-refractivity contribution in [2.24, 2.45) is 0 Å². The van der Waals surface area contributed by atoms with Crippen LogP contribution in [0.4, 0.5) is 0 Å². The Morgan fingerprint density at radius 3 is 2.47 bits per heavy atom. The number of rotatable bonds is 6. The first-order chi connectivity index (χ1) is 16.5. The van der Waals surface area contributed by atoms with Crippen molar-refractivity contribution in [2.75, 3.05) is 0 Å². The molecule has 2 heterocycles. The number of carboxylic acids is 1. The molecular formula is C27H22N2O3S2. The number of carboxylic acid groups (broad SMARTS) is 1. The van der Waals surface area contributed by atoms with Gasteiger partial charge in [-0.25, -0.2) is 4.79 Å². The lowest BCUT2D eigenvalue weighted by Gasteiger charge is -2.23. The number of benzene rings is 3. The molecule has 34 heavy (non-hydrogen) atoms. The summed E-state index contributed by atoms with van der Waals surface area (Å²) in [5, 5.41) is 12.1. The number of nitrogens with zero attached hydrogens (tertiary/aromatic N) is 2. The van der Waals surface area contributed by atoms with Crippen molar-refractivity contribution in [3.05, 3.63) is 88.8 Å². The molecule has 0 radical (unpaired) electrons. The normalized spacial score (nSPS) is 16.1. The first kappa shape index (κ1) is 22.4. The highest BCUT2D eigenvalue weighted by Crippen LogP contribution is 2.36. The van der Waals surface area contributed by atoms with E-state index in [2.05, 4.69) is 35.8 Å². The molecule has 3 aromatic carbocycles. The molecule has 1 fully saturated rings. The van der Waals surface area contributed by atoms with Crippen molar-refractivity contribution in [1.82, 2.24) is 9.47 Å². The first-order valence-electron chi connectivity index (χ1n) is 11.0. The molecule has 1 saturated heterocycles. The van der Waals surface area contributed by atoms with Crippen molar-refractivity contribution in [3.8, 4) is 0 Å². The van der Waals surface area contributed by atoms with Crippen molar-refractivity contribution in [3.63, 3.8) is 0 Å². The fourth-order valence-corrected chi connectivity index (χ4v) is 5.88. The molecule has 0 saturated carbocycles. The minimum atomic E-state index is -1.07. The van der Waals surface area contributed by atoms with Crippen LogP contribution < -0.4 is 0 Å². The highest BCUT2D eigenvalue weighted by molar-refractivity contribution is 8.26. The number of aromatic nitrogens is 1. The van der Waals surface area contributed by atoms with Gasteiger partial charge < -0.3 is 9.67 Å². The maximum Gasteiger partial charge on any atom is 0.327 e. The number of para-hydroxylation sites is 1. The third kappa shape index (κ3) is 3.91. The van der Waals surface area contributed by atoms with E-state index in [0.717, 1.165) is 45.7 Å². The second-order valence-electron chi connectivity index (χ2n) is 8.13. The van der Waals surface area contributed by atoms with E-state index in [1.165, 1.54) is 10.4 Å². The number of aliphatic carboxylic acids is 1. The number of carbonyl (C=O) groups is 2. The summed E-state index contributed by atoms with van der Waals surface area (Å²) in [6, 6.07) is 22.6. The SMILES string of the molecule is CCn1c2ccccc2c2cc(/C=C3\SC(=S)N([C@H](Cc4ccccc4)C(=O)O)C3=O)ccc21. The molecule has 0 bridgehead atoms. The third-order valence-corrected chi connectivity index (χ3v) is 7.43. The van der Waals surface area contributed by atoms with Gasteiger partial charge in [-0.3, -0.25) is 9.69 Å². The van der Waals surface area contributed by atoms with Gasteiger partial charge in [-0.15, -0.1) is 0 Å². The van der Waals surface area contributed by atoms with Gasteiger partial charge in [0.15, 0.2) is 0 Å². The Labute approximate surface area is 206 Å². The highest BCUT2D eigenvalue weighted by atomic mass is 32.2. The summed E-state index contributed by atoms with van der Waals surface area (Å²) >= 11 is 6.59. The van der Waals surface area contributed by atoms with Gasteiger partial charge >= 0.3 is 5.97 Å². The summed E-state index contributed by atoms with van der Waals surface area (Å²) in [5.41, 5.74) is 4.03. The van der Waals surface area contributed by atoms with Crippen LogP contribution in [0.1, 0.15) is 18.1 Å². The van der Waals surface area contributed by atoms with Crippen molar-refractivity contribution in [1.29, 1.82) is 0 Å². The zero-order valence-electron chi connectivity index (χ0n) is 18.5. The highest BCUT2D eigenvalue weighted by Gasteiger charge is 2.40. The first-order valence-corrected chi connectivity index (χ1v) is 12.2. The maximum atomic E-state index is 13.3. The molecule has 1 N–H and O–H groups in total. The molecule has 0 aliphatic carbocycles. The monoisotopic (exact) mass is 486 g/mol. The van der Waals surface area contributed by atoms with Crippen LogP contribution in [-0.4, -0.2) is 36.8 Å². The molecule has 170 valence electrons. The predicted octanol–water partition coefficient (Wildman–Crippen LogP) is 5.71. The number of thiocarbonyl (C=S) groups is 1. The molecule has 5 nitrogen and oxygen atoms in total. The van der Waals surface area contributed by atoms with Gasteiger partial charge in [-0.05, 0) is 42.3 Å². The summed E-state index contributed by atoms with van der Waals surface area (Å²) in [5.74, 6) is -1.44. The Morgan fingerprint density at radius 2 is 1.74 bits per heavy atom. The quantitative estimate of drug-likeness (QED) is 0.279. The van der Waals surface area contributed by atoms with Crippen LogP contribution in [0.5, 0.6) is 0 Å². The van der Waals surface area contributed by atoms with Gasteiger partial charge in [0.1, 0.15) is 10.4 Å². The minimum Gasteiger partial charge on any atom is -0.480 e. The fraction of sp³-hybridized carbons (Fsp3) is 0.148. The average molecular weight is 487 g/mol. The second-order valence-corrected chi connectivity index (χ2v) is 9.81. The van der Waals surface area contributed by atoms with Crippen LogP contribution in [-0.2, 0) is 22.6 Å². The van der Waals surface area contributed by atoms with Gasteiger partial charge in [-0.1, -0.05) is 78.6 Å². The van der Waals surface area contributed by atoms with E-state index in [1.54, 1.807) is 6.08 Å². The molecular weight excluding hydrogens is 464 g/mol. The van der Waals surface area contributed by atoms with Gasteiger partial charge in [0.05, 0.1) is 4.91 Å². The lowest BCUT2D eigenvalue weighted by atomic mass is 10.0. The maximum absolute atomic E-state index is 13.3. The standard InChI is InChI=1S/C27H22N2O3S2/c1-2-28-21-11-7-6-10-19(21)20-14-18(12-13-22(20)28)16-24-25(30)29(27(33)34-24)23(26(31)32)15-17-8-4-3-5-9-17/h3-14,16,23H,2,15H2,1H3,(H,31,32)/b24-16-/t23-/m1/s1. The average Bonchev–Trinajstić information content (AvgIpc) is 3.30. The Hall–Kier alpha value is -3.42. The molecule has 1 aliphatic heterocycles. The van der Waals surface area contributed by atoms with E-state index in [0.29, 0.717) is 4.91 Å². The van der Waals surface area contributed by atoms with Gasteiger partial charge in [-0.2, -0.15) is 0 Å². The van der Waals surface area contributed by atoms with Crippen molar-refractivity contribution < 1.29 is 14.7 Å². The van der Waals surface area contributed by atoms with E-state index in [1.807, 2.05) is 48.5 Å². The molecule has 1 amide bonds. The topological polar surface area (TPSA) is 62.5 Å². The Kier molecular flexibility index (Phi) is 5.98. The van der Waals surface area contributed by atoms with Gasteiger partial charge in [0.25, 0.3) is 5.91 Å². The zero-order valence-corrected chi connectivity index (χ0v) is 20.1. The predicted molar refractivity (Wildman–Crippen MR) is 142 cm³/mol.